The van der Waals surface area contributed by atoms with E-state index in [4.69, 9.17) is 8.92 Å². The number of para-hydroxylation sites is 2. The van der Waals surface area contributed by atoms with Gasteiger partial charge in [-0.3, -0.25) is 4.79 Å². The zero-order valence-corrected chi connectivity index (χ0v) is 20.3. The smallest absolute Gasteiger partial charge is 0.339 e. The number of nitrogens with zero attached hydrogens (tertiary/aromatic N) is 2. The third kappa shape index (κ3) is 6.40. The molecule has 0 saturated carbocycles. The summed E-state index contributed by atoms with van der Waals surface area (Å²) in [4.78, 5) is 19.7. The Balaban J connectivity index is 1.37. The minimum atomic E-state index is -4.01. The number of aromatic nitrogens is 2. The number of rotatable bonds is 10. The number of benzene rings is 3. The van der Waals surface area contributed by atoms with Gasteiger partial charge in [0.25, 0.3) is 5.91 Å². The number of carbonyl (C=O) groups is 1. The lowest BCUT2D eigenvalue weighted by molar-refractivity contribution is -0.118. The van der Waals surface area contributed by atoms with Crippen molar-refractivity contribution in [3.63, 3.8) is 0 Å². The molecule has 0 bridgehead atoms. The lowest BCUT2D eigenvalue weighted by atomic mass is 10.2. The highest BCUT2D eigenvalue weighted by molar-refractivity contribution is 7.99. The third-order valence-corrected chi connectivity index (χ3v) is 6.73. The molecule has 0 unspecified atom stereocenters. The number of hydrogen-bond donors (Lipinski definition) is 2. The zero-order chi connectivity index (χ0) is 24.7. The summed E-state index contributed by atoms with van der Waals surface area (Å²) in [6.45, 7) is 2.08. The lowest BCUT2D eigenvalue weighted by Crippen LogP contribution is -2.19. The van der Waals surface area contributed by atoms with E-state index in [1.807, 2.05) is 24.3 Å². The molecule has 0 radical (unpaired) electrons. The van der Waals surface area contributed by atoms with Gasteiger partial charge in [-0.2, -0.15) is 13.5 Å². The average Bonchev–Trinajstić information content (AvgIpc) is 3.28. The van der Waals surface area contributed by atoms with E-state index >= 15 is 0 Å². The summed E-state index contributed by atoms with van der Waals surface area (Å²) < 4.78 is 35.9. The quantitative estimate of drug-likeness (QED) is 0.143. The van der Waals surface area contributed by atoms with Crippen LogP contribution in [-0.2, 0) is 14.9 Å². The first-order valence-electron chi connectivity index (χ1n) is 10.6. The molecule has 0 fully saturated rings. The van der Waals surface area contributed by atoms with Gasteiger partial charge in [0, 0.05) is 0 Å². The second kappa shape index (κ2) is 11.1. The maximum atomic E-state index is 12.5. The number of fused-ring (bicyclic) bond motifs is 1. The van der Waals surface area contributed by atoms with Crippen molar-refractivity contribution < 1.29 is 22.1 Å². The van der Waals surface area contributed by atoms with Crippen LogP contribution in [0.3, 0.4) is 0 Å². The van der Waals surface area contributed by atoms with E-state index < -0.39 is 10.1 Å². The molecule has 4 rings (SSSR count). The SMILES string of the molecule is CCOc1cc(/C=N\NC(=O)CSc2nc3ccccc3[nH]2)ccc1OS(=O)(=O)c1ccccc1. The van der Waals surface area contributed by atoms with E-state index in [-0.39, 0.29) is 28.1 Å². The Kier molecular flexibility index (Phi) is 7.68. The monoisotopic (exact) mass is 510 g/mol. The molecule has 0 saturated heterocycles. The highest BCUT2D eigenvalue weighted by Crippen LogP contribution is 2.31. The van der Waals surface area contributed by atoms with Gasteiger partial charge in [0.05, 0.1) is 29.6 Å². The number of nitrogens with one attached hydrogen (secondary N) is 2. The maximum Gasteiger partial charge on any atom is 0.339 e. The number of ether oxygens (including phenoxy) is 1. The molecule has 4 aromatic rings. The number of hydrazone groups is 1. The number of hydrogen-bond acceptors (Lipinski definition) is 8. The van der Waals surface area contributed by atoms with Crippen LogP contribution in [-0.4, -0.2) is 42.9 Å². The van der Waals surface area contributed by atoms with E-state index in [1.54, 1.807) is 37.3 Å². The van der Waals surface area contributed by atoms with Gasteiger partial charge in [-0.05, 0) is 55.0 Å². The van der Waals surface area contributed by atoms with E-state index in [2.05, 4.69) is 20.5 Å². The highest BCUT2D eigenvalue weighted by atomic mass is 32.2. The number of carbonyl (C=O) groups excluding carboxylic acids is 1. The molecule has 0 aliphatic rings. The third-order valence-electron chi connectivity index (χ3n) is 4.61. The predicted octanol–water partition coefficient (Wildman–Crippen LogP) is 3.97. The summed E-state index contributed by atoms with van der Waals surface area (Å²) >= 11 is 1.27. The van der Waals surface area contributed by atoms with Crippen LogP contribution in [0.2, 0.25) is 0 Å². The fourth-order valence-corrected chi connectivity index (χ4v) is 4.68. The summed E-state index contributed by atoms with van der Waals surface area (Å²) in [5, 5.41) is 4.61. The largest absolute Gasteiger partial charge is 0.490 e. The molecule has 35 heavy (non-hydrogen) atoms. The Morgan fingerprint density at radius 3 is 2.63 bits per heavy atom. The van der Waals surface area contributed by atoms with Crippen molar-refractivity contribution in [1.82, 2.24) is 15.4 Å². The highest BCUT2D eigenvalue weighted by Gasteiger charge is 2.19. The zero-order valence-electron chi connectivity index (χ0n) is 18.7. The first-order chi connectivity index (χ1) is 16.9. The first-order valence-corrected chi connectivity index (χ1v) is 13.0. The molecule has 3 aromatic carbocycles. The minimum Gasteiger partial charge on any atom is -0.490 e. The Morgan fingerprint density at radius 2 is 1.86 bits per heavy atom. The van der Waals surface area contributed by atoms with Gasteiger partial charge < -0.3 is 13.9 Å². The number of H-pyrrole nitrogens is 1. The topological polar surface area (TPSA) is 123 Å². The lowest BCUT2D eigenvalue weighted by Gasteiger charge is -2.12. The van der Waals surface area contributed by atoms with Crippen LogP contribution >= 0.6 is 11.8 Å². The predicted molar refractivity (Wildman–Crippen MR) is 134 cm³/mol. The van der Waals surface area contributed by atoms with Gasteiger partial charge in [0.1, 0.15) is 4.90 Å². The van der Waals surface area contributed by atoms with Crippen LogP contribution in [0.4, 0.5) is 0 Å². The Morgan fingerprint density at radius 1 is 1.09 bits per heavy atom. The molecule has 0 spiro atoms. The number of imidazole rings is 1. The van der Waals surface area contributed by atoms with Crippen LogP contribution in [0, 0.1) is 0 Å². The van der Waals surface area contributed by atoms with E-state index in [1.165, 1.54) is 36.2 Å². The van der Waals surface area contributed by atoms with Crippen molar-refractivity contribution in [2.45, 2.75) is 17.0 Å². The van der Waals surface area contributed by atoms with Gasteiger partial charge >= 0.3 is 10.1 Å². The van der Waals surface area contributed by atoms with Gasteiger partial charge in [-0.1, -0.05) is 42.1 Å². The molecule has 11 heteroatoms. The van der Waals surface area contributed by atoms with E-state index in [0.29, 0.717) is 17.3 Å². The second-order valence-corrected chi connectivity index (χ2v) is 9.64. The normalized spacial score (nSPS) is 11.6. The Labute approximate surface area is 206 Å². The first kappa shape index (κ1) is 24.3. The molecule has 0 atom stereocenters. The molecular weight excluding hydrogens is 488 g/mol. The van der Waals surface area contributed by atoms with Crippen molar-refractivity contribution in [1.29, 1.82) is 0 Å². The van der Waals surface area contributed by atoms with Crippen LogP contribution in [0.25, 0.3) is 11.0 Å². The minimum absolute atomic E-state index is 0.0383. The Hall–Kier alpha value is -3.83. The maximum absolute atomic E-state index is 12.5. The molecule has 1 aromatic heterocycles. The van der Waals surface area contributed by atoms with Crippen LogP contribution in [0.15, 0.2) is 87.9 Å². The molecule has 0 aliphatic carbocycles. The van der Waals surface area contributed by atoms with Crippen LogP contribution in [0.5, 0.6) is 11.5 Å². The molecular formula is C24H22N4O5S2. The summed E-state index contributed by atoms with van der Waals surface area (Å²) in [5.41, 5.74) is 4.79. The van der Waals surface area contributed by atoms with Gasteiger partial charge in [0.2, 0.25) is 0 Å². The van der Waals surface area contributed by atoms with Gasteiger partial charge in [-0.15, -0.1) is 0 Å². The Bertz CT molecular complexity index is 1420. The van der Waals surface area contributed by atoms with E-state index in [0.717, 1.165) is 11.0 Å². The molecule has 1 heterocycles. The number of thioether (sulfide) groups is 1. The number of amides is 1. The number of aromatic amines is 1. The molecule has 9 nitrogen and oxygen atoms in total. The van der Waals surface area contributed by atoms with Crippen molar-refractivity contribution >= 4 is 45.0 Å². The van der Waals surface area contributed by atoms with Crippen LogP contribution < -0.4 is 14.3 Å². The van der Waals surface area contributed by atoms with Gasteiger partial charge in [-0.25, -0.2) is 10.4 Å². The second-order valence-electron chi connectivity index (χ2n) is 7.13. The summed E-state index contributed by atoms with van der Waals surface area (Å²) in [5.74, 6) is 0.123. The van der Waals surface area contributed by atoms with Gasteiger partial charge in [0.15, 0.2) is 16.7 Å². The molecule has 1 amide bonds. The van der Waals surface area contributed by atoms with Crippen molar-refractivity contribution in [2.75, 3.05) is 12.4 Å². The molecule has 2 N–H and O–H groups in total. The summed E-state index contributed by atoms with van der Waals surface area (Å²) in [7, 11) is -4.01. The standard InChI is InChI=1S/C24H22N4O5S2/c1-2-32-22-14-17(12-13-21(22)33-35(30,31)18-8-4-3-5-9-18)15-25-28-23(29)16-34-24-26-19-10-6-7-11-20(19)27-24/h3-15H,2,16H2,1H3,(H,26,27)(H,28,29)/b25-15-. The van der Waals surface area contributed by atoms with Crippen molar-refractivity contribution in [2.24, 2.45) is 5.10 Å². The summed E-state index contributed by atoms with van der Waals surface area (Å²) in [6, 6.07) is 20.1. The average molecular weight is 511 g/mol. The van der Waals surface area contributed by atoms with E-state index in [9.17, 15) is 13.2 Å². The fourth-order valence-electron chi connectivity index (χ4n) is 3.04. The van der Waals surface area contributed by atoms with Crippen molar-refractivity contribution in [3.8, 4) is 11.5 Å². The summed E-state index contributed by atoms with van der Waals surface area (Å²) in [6.07, 6.45) is 1.43. The molecule has 180 valence electrons. The van der Waals surface area contributed by atoms with Crippen molar-refractivity contribution in [3.05, 3.63) is 78.4 Å². The molecule has 0 aliphatic heterocycles. The fraction of sp³-hybridized carbons (Fsp3) is 0.125. The van der Waals surface area contributed by atoms with Crippen LogP contribution in [0.1, 0.15) is 12.5 Å².